The van der Waals surface area contributed by atoms with Gasteiger partial charge in [0.15, 0.2) is 0 Å². The van der Waals surface area contributed by atoms with E-state index in [0.29, 0.717) is 32.4 Å². The van der Waals surface area contributed by atoms with Crippen LogP contribution in [0.4, 0.5) is 0 Å². The smallest absolute Gasteiger partial charge is 0.212 e. The van der Waals surface area contributed by atoms with Gasteiger partial charge in [0.1, 0.15) is 0 Å². The molecule has 6 nitrogen and oxygen atoms in total. The predicted molar refractivity (Wildman–Crippen MR) is 85.4 cm³/mol. The zero-order valence-corrected chi connectivity index (χ0v) is 14.2. The molecule has 0 bridgehead atoms. The minimum Gasteiger partial charge on any atom is -0.212 e. The van der Waals surface area contributed by atoms with Crippen molar-refractivity contribution in [2.75, 3.05) is 18.8 Å². The Morgan fingerprint density at radius 3 is 2.23 bits per heavy atom. The maximum Gasteiger partial charge on any atom is 0.243 e. The molecule has 22 heavy (non-hydrogen) atoms. The summed E-state index contributed by atoms with van der Waals surface area (Å²) in [6, 6.07) is 8.13. The van der Waals surface area contributed by atoms with Gasteiger partial charge in [-0.2, -0.15) is 4.31 Å². The van der Waals surface area contributed by atoms with Gasteiger partial charge in [-0.05, 0) is 31.4 Å². The van der Waals surface area contributed by atoms with Crippen molar-refractivity contribution < 1.29 is 16.8 Å². The lowest BCUT2D eigenvalue weighted by atomic mass is 10.1. The summed E-state index contributed by atoms with van der Waals surface area (Å²) in [6.07, 6.45) is 1.56. The van der Waals surface area contributed by atoms with Gasteiger partial charge in [-0.1, -0.05) is 25.1 Å². The number of sulfonamides is 2. The van der Waals surface area contributed by atoms with E-state index in [1.165, 1.54) is 4.31 Å². The van der Waals surface area contributed by atoms with Crippen LogP contribution in [0, 0.1) is 0 Å². The summed E-state index contributed by atoms with van der Waals surface area (Å²) >= 11 is 0. The quantitative estimate of drug-likeness (QED) is 0.838. The molecular formula is C14H22N2O4S2. The minimum absolute atomic E-state index is 0.107. The second-order valence-electron chi connectivity index (χ2n) is 5.43. The van der Waals surface area contributed by atoms with E-state index in [4.69, 9.17) is 0 Å². The standard InChI is InChI=1S/C14H22N2O4S2/c1-2-12-21(17,18)15-13-8-10-16(11-9-13)22(19,20)14-6-4-3-5-7-14/h3-7,13,15H,2,8-12H2,1H3. The van der Waals surface area contributed by atoms with Crippen LogP contribution < -0.4 is 4.72 Å². The summed E-state index contributed by atoms with van der Waals surface area (Å²) in [4.78, 5) is 0.278. The number of hydrogen-bond donors (Lipinski definition) is 1. The molecule has 1 aliphatic heterocycles. The first-order valence-corrected chi connectivity index (χ1v) is 10.5. The lowest BCUT2D eigenvalue weighted by Crippen LogP contribution is -2.46. The highest BCUT2D eigenvalue weighted by molar-refractivity contribution is 7.89. The monoisotopic (exact) mass is 346 g/mol. The molecule has 1 heterocycles. The van der Waals surface area contributed by atoms with Gasteiger partial charge in [0.05, 0.1) is 10.6 Å². The third kappa shape index (κ3) is 4.28. The first kappa shape index (κ1) is 17.4. The number of rotatable bonds is 6. The molecule has 1 saturated heterocycles. The van der Waals surface area contributed by atoms with E-state index < -0.39 is 20.0 Å². The van der Waals surface area contributed by atoms with Crippen molar-refractivity contribution in [1.82, 2.24) is 9.03 Å². The highest BCUT2D eigenvalue weighted by Crippen LogP contribution is 2.20. The lowest BCUT2D eigenvalue weighted by molar-refractivity contribution is 0.308. The lowest BCUT2D eigenvalue weighted by Gasteiger charge is -2.31. The van der Waals surface area contributed by atoms with E-state index in [9.17, 15) is 16.8 Å². The molecule has 1 aromatic rings. The van der Waals surface area contributed by atoms with Crippen molar-refractivity contribution in [1.29, 1.82) is 0 Å². The van der Waals surface area contributed by atoms with Crippen molar-refractivity contribution in [3.8, 4) is 0 Å². The van der Waals surface area contributed by atoms with Crippen LogP contribution in [0.5, 0.6) is 0 Å². The Morgan fingerprint density at radius 1 is 1.09 bits per heavy atom. The number of nitrogens with zero attached hydrogens (tertiary/aromatic N) is 1. The highest BCUT2D eigenvalue weighted by atomic mass is 32.2. The predicted octanol–water partition coefficient (Wildman–Crippen LogP) is 1.17. The van der Waals surface area contributed by atoms with Crippen molar-refractivity contribution in [2.24, 2.45) is 0 Å². The summed E-state index contributed by atoms with van der Waals surface area (Å²) in [5.41, 5.74) is 0. The average Bonchev–Trinajstić information content (AvgIpc) is 2.48. The fourth-order valence-electron chi connectivity index (χ4n) is 2.54. The molecule has 0 aliphatic carbocycles. The van der Waals surface area contributed by atoms with Crippen LogP contribution in [0.1, 0.15) is 26.2 Å². The zero-order valence-electron chi connectivity index (χ0n) is 12.6. The first-order chi connectivity index (χ1) is 10.3. The Labute approximate surface area is 132 Å². The number of piperidine rings is 1. The maximum atomic E-state index is 12.5. The molecule has 8 heteroatoms. The molecule has 1 fully saturated rings. The largest absolute Gasteiger partial charge is 0.243 e. The third-order valence-corrected chi connectivity index (χ3v) is 7.21. The van der Waals surface area contributed by atoms with Crippen molar-refractivity contribution in [2.45, 2.75) is 37.1 Å². The van der Waals surface area contributed by atoms with Gasteiger partial charge in [0.2, 0.25) is 20.0 Å². The van der Waals surface area contributed by atoms with Crippen LogP contribution in [0.3, 0.4) is 0 Å². The van der Waals surface area contributed by atoms with Gasteiger partial charge < -0.3 is 0 Å². The first-order valence-electron chi connectivity index (χ1n) is 7.40. The summed E-state index contributed by atoms with van der Waals surface area (Å²) in [7, 11) is -6.74. The van der Waals surface area contributed by atoms with Crippen LogP contribution in [0.15, 0.2) is 35.2 Å². The second kappa shape index (κ2) is 7.08. The molecule has 0 saturated carbocycles. The van der Waals surface area contributed by atoms with E-state index >= 15 is 0 Å². The fourth-order valence-corrected chi connectivity index (χ4v) is 5.43. The summed E-state index contributed by atoms with van der Waals surface area (Å²) in [5.74, 6) is 0.107. The van der Waals surface area contributed by atoms with Gasteiger partial charge in [-0.3, -0.25) is 0 Å². The summed E-state index contributed by atoms with van der Waals surface area (Å²) in [6.45, 7) is 2.47. The van der Waals surface area contributed by atoms with Crippen LogP contribution in [0.25, 0.3) is 0 Å². The van der Waals surface area contributed by atoms with Crippen LogP contribution in [-0.4, -0.2) is 46.0 Å². The Bertz CT molecular complexity index is 679. The summed E-state index contributed by atoms with van der Waals surface area (Å²) in [5, 5.41) is 0. The van der Waals surface area contributed by atoms with Gasteiger partial charge in [-0.25, -0.2) is 21.6 Å². The average molecular weight is 346 g/mol. The van der Waals surface area contributed by atoms with Crippen molar-refractivity contribution in [3.05, 3.63) is 30.3 Å². The minimum atomic E-state index is -3.48. The molecule has 1 N–H and O–H groups in total. The molecule has 0 unspecified atom stereocenters. The fraction of sp³-hybridized carbons (Fsp3) is 0.571. The molecule has 0 aromatic heterocycles. The van der Waals surface area contributed by atoms with E-state index in [2.05, 4.69) is 4.72 Å². The molecule has 1 aliphatic rings. The van der Waals surface area contributed by atoms with Crippen LogP contribution in [-0.2, 0) is 20.0 Å². The molecule has 0 radical (unpaired) electrons. The number of benzene rings is 1. The van der Waals surface area contributed by atoms with E-state index in [1.54, 1.807) is 30.3 Å². The van der Waals surface area contributed by atoms with Crippen molar-refractivity contribution in [3.63, 3.8) is 0 Å². The maximum absolute atomic E-state index is 12.5. The Balaban J connectivity index is 1.98. The Hall–Kier alpha value is -0.960. The zero-order chi connectivity index (χ0) is 16.2. The van der Waals surface area contributed by atoms with Crippen LogP contribution >= 0.6 is 0 Å². The SMILES string of the molecule is CCCS(=O)(=O)NC1CCN(S(=O)(=O)c2ccccc2)CC1. The second-order valence-corrected chi connectivity index (χ2v) is 9.24. The Kier molecular flexibility index (Phi) is 5.60. The highest BCUT2D eigenvalue weighted by Gasteiger charge is 2.30. The summed E-state index contributed by atoms with van der Waals surface area (Å²) < 4.78 is 52.5. The number of nitrogens with one attached hydrogen (secondary N) is 1. The molecule has 0 atom stereocenters. The Morgan fingerprint density at radius 2 is 1.68 bits per heavy atom. The van der Waals surface area contributed by atoms with Crippen molar-refractivity contribution >= 4 is 20.0 Å². The topological polar surface area (TPSA) is 83.6 Å². The van der Waals surface area contributed by atoms with E-state index in [0.717, 1.165) is 0 Å². The van der Waals surface area contributed by atoms with Gasteiger partial charge in [-0.15, -0.1) is 0 Å². The van der Waals surface area contributed by atoms with E-state index in [-0.39, 0.29) is 16.7 Å². The molecule has 2 rings (SSSR count). The molecule has 0 spiro atoms. The molecule has 124 valence electrons. The third-order valence-electron chi connectivity index (χ3n) is 3.65. The molecule has 1 aromatic carbocycles. The van der Waals surface area contributed by atoms with E-state index in [1.807, 2.05) is 6.92 Å². The molecular weight excluding hydrogens is 324 g/mol. The van der Waals surface area contributed by atoms with Gasteiger partial charge in [0, 0.05) is 19.1 Å². The number of hydrogen-bond acceptors (Lipinski definition) is 4. The van der Waals surface area contributed by atoms with Gasteiger partial charge >= 0.3 is 0 Å². The normalized spacial score (nSPS) is 18.4. The molecule has 0 amide bonds. The van der Waals surface area contributed by atoms with Gasteiger partial charge in [0.25, 0.3) is 0 Å². The van der Waals surface area contributed by atoms with Crippen LogP contribution in [0.2, 0.25) is 0 Å².